The minimum atomic E-state index is 0.167. The van der Waals surface area contributed by atoms with Crippen LogP contribution in [-0.2, 0) is 4.79 Å². The van der Waals surface area contributed by atoms with E-state index in [1.165, 1.54) is 12.8 Å². The number of likely N-dealkylation sites (N-methyl/N-ethyl adjacent to an activating group) is 1. The van der Waals surface area contributed by atoms with Gasteiger partial charge in [-0.15, -0.1) is 11.6 Å². The van der Waals surface area contributed by atoms with Crippen LogP contribution in [0.3, 0.4) is 0 Å². The first kappa shape index (κ1) is 12.8. The lowest BCUT2D eigenvalue weighted by atomic mass is 10.2. The van der Waals surface area contributed by atoms with E-state index >= 15 is 0 Å². The molecule has 1 rings (SSSR count). The number of nitrogens with one attached hydrogen (secondary N) is 1. The molecule has 3 nitrogen and oxygen atoms in total. The fourth-order valence-electron chi connectivity index (χ4n) is 1.94. The quantitative estimate of drug-likeness (QED) is 0.558. The molecule has 1 N–H and O–H groups in total. The lowest BCUT2D eigenvalue weighted by Crippen LogP contribution is -2.38. The molecule has 0 bridgehead atoms. The topological polar surface area (TPSA) is 32.3 Å². The zero-order valence-corrected chi connectivity index (χ0v) is 10.2. The van der Waals surface area contributed by atoms with Crippen molar-refractivity contribution in [3.63, 3.8) is 0 Å². The second-order valence-corrected chi connectivity index (χ2v) is 4.60. The second kappa shape index (κ2) is 7.07. The summed E-state index contributed by atoms with van der Waals surface area (Å²) in [6.07, 6.45) is 4.90. The molecule has 0 aromatic rings. The fourth-order valence-corrected chi connectivity index (χ4v) is 2.13. The molecule has 0 aromatic heterocycles. The molecule has 0 aliphatic carbocycles. The van der Waals surface area contributed by atoms with Crippen LogP contribution in [0.1, 0.15) is 32.1 Å². The number of alkyl halides is 1. The van der Waals surface area contributed by atoms with Crippen LogP contribution in [-0.4, -0.2) is 42.9 Å². The van der Waals surface area contributed by atoms with Crippen LogP contribution < -0.4 is 5.32 Å². The summed E-state index contributed by atoms with van der Waals surface area (Å²) in [5, 5.41) is 2.99. The van der Waals surface area contributed by atoms with Gasteiger partial charge in [0, 0.05) is 24.9 Å². The molecule has 1 atom stereocenters. The van der Waals surface area contributed by atoms with Gasteiger partial charge in [-0.05, 0) is 39.3 Å². The van der Waals surface area contributed by atoms with E-state index in [-0.39, 0.29) is 5.91 Å². The highest BCUT2D eigenvalue weighted by Gasteiger charge is 2.20. The van der Waals surface area contributed by atoms with Gasteiger partial charge in [0.15, 0.2) is 0 Å². The summed E-state index contributed by atoms with van der Waals surface area (Å²) in [6.45, 7) is 1.96. The zero-order valence-electron chi connectivity index (χ0n) is 9.47. The first-order valence-electron chi connectivity index (χ1n) is 5.77. The minimum absolute atomic E-state index is 0.167. The Morgan fingerprint density at radius 3 is 2.93 bits per heavy atom. The van der Waals surface area contributed by atoms with E-state index in [1.807, 2.05) is 0 Å². The van der Waals surface area contributed by atoms with Gasteiger partial charge in [-0.25, -0.2) is 0 Å². The lowest BCUT2D eigenvalue weighted by Gasteiger charge is -2.19. The van der Waals surface area contributed by atoms with Gasteiger partial charge in [-0.3, -0.25) is 4.79 Å². The maximum absolute atomic E-state index is 11.4. The normalized spacial score (nSPS) is 21.9. The number of nitrogens with zero attached hydrogens (tertiary/aromatic N) is 1. The largest absolute Gasteiger partial charge is 0.355 e. The number of halogens is 1. The molecule has 1 unspecified atom stereocenters. The molecule has 15 heavy (non-hydrogen) atoms. The third kappa shape index (κ3) is 4.85. The summed E-state index contributed by atoms with van der Waals surface area (Å²) in [5.41, 5.74) is 0. The summed E-state index contributed by atoms with van der Waals surface area (Å²) in [7, 11) is 2.12. The second-order valence-electron chi connectivity index (χ2n) is 4.23. The first-order chi connectivity index (χ1) is 7.24. The van der Waals surface area contributed by atoms with E-state index in [0.29, 0.717) is 18.3 Å². The highest BCUT2D eigenvalue weighted by Crippen LogP contribution is 2.13. The molecule has 0 saturated carbocycles. The molecule has 1 fully saturated rings. The zero-order chi connectivity index (χ0) is 11.1. The molecule has 0 aromatic carbocycles. The van der Waals surface area contributed by atoms with Crippen molar-refractivity contribution in [2.75, 3.05) is 26.0 Å². The SMILES string of the molecule is CN1CCCC1CNC(=O)CCCCCl. The minimum Gasteiger partial charge on any atom is -0.355 e. The number of hydrogen-bond acceptors (Lipinski definition) is 2. The van der Waals surface area contributed by atoms with E-state index in [2.05, 4.69) is 17.3 Å². The summed E-state index contributed by atoms with van der Waals surface area (Å²) in [4.78, 5) is 13.7. The number of likely N-dealkylation sites (tertiary alicyclic amines) is 1. The average Bonchev–Trinajstić information content (AvgIpc) is 2.61. The van der Waals surface area contributed by atoms with Crippen LogP contribution in [0.15, 0.2) is 0 Å². The number of rotatable bonds is 6. The molecule has 1 amide bonds. The van der Waals surface area contributed by atoms with Crippen LogP contribution in [0.5, 0.6) is 0 Å². The molecule has 1 saturated heterocycles. The van der Waals surface area contributed by atoms with Crippen LogP contribution in [0.4, 0.5) is 0 Å². The van der Waals surface area contributed by atoms with Crippen molar-refractivity contribution in [2.45, 2.75) is 38.1 Å². The molecule has 1 aliphatic rings. The maximum atomic E-state index is 11.4. The van der Waals surface area contributed by atoms with Crippen molar-refractivity contribution in [3.05, 3.63) is 0 Å². The predicted octanol–water partition coefficient (Wildman–Crippen LogP) is 1.61. The maximum Gasteiger partial charge on any atom is 0.220 e. The van der Waals surface area contributed by atoms with E-state index < -0.39 is 0 Å². The molecule has 0 radical (unpaired) electrons. The Kier molecular flexibility index (Phi) is 6.03. The highest BCUT2D eigenvalue weighted by atomic mass is 35.5. The van der Waals surface area contributed by atoms with Gasteiger partial charge in [0.05, 0.1) is 0 Å². The molecule has 1 heterocycles. The predicted molar refractivity (Wildman–Crippen MR) is 63.2 cm³/mol. The summed E-state index contributed by atoms with van der Waals surface area (Å²) in [6, 6.07) is 0.543. The Bertz CT molecular complexity index is 199. The smallest absolute Gasteiger partial charge is 0.220 e. The van der Waals surface area contributed by atoms with Crippen LogP contribution in [0.2, 0.25) is 0 Å². The van der Waals surface area contributed by atoms with E-state index in [9.17, 15) is 4.79 Å². The fraction of sp³-hybridized carbons (Fsp3) is 0.909. The molecule has 88 valence electrons. The number of carbonyl (C=O) groups is 1. The summed E-state index contributed by atoms with van der Waals surface area (Å²) in [5.74, 6) is 0.818. The third-order valence-corrected chi connectivity index (χ3v) is 3.26. The van der Waals surface area contributed by atoms with Gasteiger partial charge in [-0.2, -0.15) is 0 Å². The van der Waals surface area contributed by atoms with Crippen LogP contribution >= 0.6 is 11.6 Å². The molecule has 1 aliphatic heterocycles. The molecule has 4 heteroatoms. The standard InChI is InChI=1S/C11H21ClN2O/c1-14-8-4-5-10(14)9-13-11(15)6-2-3-7-12/h10H,2-9H2,1H3,(H,13,15). The monoisotopic (exact) mass is 232 g/mol. The Balaban J connectivity index is 2.05. The van der Waals surface area contributed by atoms with Crippen molar-refractivity contribution in [1.29, 1.82) is 0 Å². The van der Waals surface area contributed by atoms with Crippen molar-refractivity contribution in [2.24, 2.45) is 0 Å². The summed E-state index contributed by atoms with van der Waals surface area (Å²) >= 11 is 5.55. The van der Waals surface area contributed by atoms with Gasteiger partial charge < -0.3 is 10.2 Å². The van der Waals surface area contributed by atoms with E-state index in [0.717, 1.165) is 25.9 Å². The van der Waals surface area contributed by atoms with Gasteiger partial charge in [0.25, 0.3) is 0 Å². The van der Waals surface area contributed by atoms with E-state index in [4.69, 9.17) is 11.6 Å². The lowest BCUT2D eigenvalue weighted by molar-refractivity contribution is -0.121. The van der Waals surface area contributed by atoms with Crippen molar-refractivity contribution in [3.8, 4) is 0 Å². The number of unbranched alkanes of at least 4 members (excludes halogenated alkanes) is 1. The number of carbonyl (C=O) groups excluding carboxylic acids is 1. The molecule has 0 spiro atoms. The Morgan fingerprint density at radius 2 is 2.33 bits per heavy atom. The van der Waals surface area contributed by atoms with E-state index in [1.54, 1.807) is 0 Å². The highest BCUT2D eigenvalue weighted by molar-refractivity contribution is 6.17. The van der Waals surface area contributed by atoms with Crippen molar-refractivity contribution >= 4 is 17.5 Å². The first-order valence-corrected chi connectivity index (χ1v) is 6.30. The molecular formula is C11H21ClN2O. The molecular weight excluding hydrogens is 212 g/mol. The van der Waals surface area contributed by atoms with Crippen LogP contribution in [0, 0.1) is 0 Å². The number of amides is 1. The van der Waals surface area contributed by atoms with Gasteiger partial charge >= 0.3 is 0 Å². The van der Waals surface area contributed by atoms with Crippen LogP contribution in [0.25, 0.3) is 0 Å². The van der Waals surface area contributed by atoms with Crippen molar-refractivity contribution in [1.82, 2.24) is 10.2 Å². The van der Waals surface area contributed by atoms with Gasteiger partial charge in [-0.1, -0.05) is 0 Å². The van der Waals surface area contributed by atoms with Crippen molar-refractivity contribution < 1.29 is 4.79 Å². The van der Waals surface area contributed by atoms with Gasteiger partial charge in [0.1, 0.15) is 0 Å². The Labute approximate surface area is 97.2 Å². The Hall–Kier alpha value is -0.280. The average molecular weight is 233 g/mol. The number of hydrogen-bond donors (Lipinski definition) is 1. The van der Waals surface area contributed by atoms with Gasteiger partial charge in [0.2, 0.25) is 5.91 Å². The summed E-state index contributed by atoms with van der Waals surface area (Å²) < 4.78 is 0. The third-order valence-electron chi connectivity index (χ3n) is 2.99. The Morgan fingerprint density at radius 1 is 1.53 bits per heavy atom.